The van der Waals surface area contributed by atoms with Crippen molar-refractivity contribution in [3.63, 3.8) is 0 Å². The van der Waals surface area contributed by atoms with Gasteiger partial charge in [0.15, 0.2) is 0 Å². The maximum absolute atomic E-state index is 2.60. The smallest absolute Gasteiger partial charge is 0.0433 e. The molecule has 0 aliphatic carbocycles. The lowest BCUT2D eigenvalue weighted by molar-refractivity contribution is 0.525. The Kier molecular flexibility index (Phi) is 10.1. The van der Waals surface area contributed by atoms with Crippen molar-refractivity contribution in [2.24, 2.45) is 0 Å². The molecular weight excluding hydrogens is 945 g/mol. The zero-order valence-corrected chi connectivity index (χ0v) is 44.2. The number of thiophene rings is 4. The summed E-state index contributed by atoms with van der Waals surface area (Å²) >= 11 is 7.67. The molecule has 0 saturated carbocycles. The molecular formula is C68H50S4. The molecule has 4 aromatic heterocycles. The molecule has 4 heterocycles. The first kappa shape index (κ1) is 43.8. The summed E-state index contributed by atoms with van der Waals surface area (Å²) in [4.78, 5) is 0. The second kappa shape index (κ2) is 16.6. The van der Waals surface area contributed by atoms with Crippen LogP contribution in [-0.4, -0.2) is 0 Å². The Labute approximate surface area is 436 Å². The van der Waals surface area contributed by atoms with Crippen LogP contribution in [0.4, 0.5) is 0 Å². The van der Waals surface area contributed by atoms with Gasteiger partial charge in [0.1, 0.15) is 0 Å². The first-order chi connectivity index (χ1) is 35.1. The molecule has 0 amide bonds. The van der Waals surface area contributed by atoms with Crippen LogP contribution in [0.5, 0.6) is 0 Å². The molecule has 346 valence electrons. The normalized spacial score (nSPS) is 12.6. The molecule has 0 fully saturated rings. The minimum absolute atomic E-state index is 0.180. The second-order valence-corrected chi connectivity index (χ2v) is 25.5. The number of benzene rings is 10. The fraction of sp³-hybridized carbons (Fsp3) is 0.118. The van der Waals surface area contributed by atoms with E-state index in [4.69, 9.17) is 0 Å². The number of hydrogen-bond donors (Lipinski definition) is 0. The molecule has 0 aliphatic heterocycles. The van der Waals surface area contributed by atoms with Crippen LogP contribution in [0.3, 0.4) is 0 Å². The van der Waals surface area contributed by atoms with E-state index in [2.05, 4.69) is 235 Å². The van der Waals surface area contributed by atoms with E-state index in [1.54, 1.807) is 0 Å². The molecule has 0 atom stereocenters. The molecule has 0 aliphatic rings. The third-order valence-electron chi connectivity index (χ3n) is 15.1. The SMILES string of the molecule is CC(C)(C)c1c(-c2cccc3c2sc2ccccc23)cc(CC(C)(C)c2c(-c3cccc4sc5ccccc5c34)cccc2-c2cccc3sc4ccccc4c23)cc1-c1cccc2c1sc1ccccc12. The Morgan fingerprint density at radius 3 is 1.10 bits per heavy atom. The van der Waals surface area contributed by atoms with Gasteiger partial charge in [-0.05, 0) is 115 Å². The molecule has 0 saturated heterocycles. The predicted molar refractivity (Wildman–Crippen MR) is 322 cm³/mol. The summed E-state index contributed by atoms with van der Waals surface area (Å²) in [5, 5.41) is 10.7. The third-order valence-corrected chi connectivity index (χ3v) is 19.8. The van der Waals surface area contributed by atoms with Gasteiger partial charge in [0.05, 0.1) is 0 Å². The van der Waals surface area contributed by atoms with Crippen LogP contribution in [0.25, 0.3) is 125 Å². The van der Waals surface area contributed by atoms with Crippen molar-refractivity contribution in [2.75, 3.05) is 0 Å². The van der Waals surface area contributed by atoms with Crippen molar-refractivity contribution in [3.05, 3.63) is 217 Å². The van der Waals surface area contributed by atoms with Crippen LogP contribution in [-0.2, 0) is 17.3 Å². The van der Waals surface area contributed by atoms with Gasteiger partial charge in [0, 0.05) is 80.7 Å². The van der Waals surface area contributed by atoms with Gasteiger partial charge in [-0.2, -0.15) is 0 Å². The summed E-state index contributed by atoms with van der Waals surface area (Å²) in [6.45, 7) is 12.3. The average molecular weight is 995 g/mol. The van der Waals surface area contributed by atoms with Crippen molar-refractivity contribution in [1.29, 1.82) is 0 Å². The van der Waals surface area contributed by atoms with Gasteiger partial charge in [-0.1, -0.05) is 198 Å². The van der Waals surface area contributed by atoms with E-state index in [1.807, 2.05) is 45.3 Å². The van der Waals surface area contributed by atoms with Gasteiger partial charge in [-0.25, -0.2) is 0 Å². The highest BCUT2D eigenvalue weighted by Gasteiger charge is 2.33. The Hall–Kier alpha value is -6.92. The number of hydrogen-bond acceptors (Lipinski definition) is 4. The summed E-state index contributed by atoms with van der Waals surface area (Å²) in [6.07, 6.45) is 0.826. The molecule has 0 unspecified atom stereocenters. The van der Waals surface area contributed by atoms with Crippen LogP contribution in [0.2, 0.25) is 0 Å². The highest BCUT2D eigenvalue weighted by Crippen LogP contribution is 2.52. The Morgan fingerprint density at radius 1 is 0.292 bits per heavy atom. The molecule has 0 radical (unpaired) electrons. The lowest BCUT2D eigenvalue weighted by Gasteiger charge is -2.33. The summed E-state index contributed by atoms with van der Waals surface area (Å²) in [5.41, 5.74) is 14.1. The molecule has 14 rings (SSSR count). The van der Waals surface area contributed by atoms with E-state index in [9.17, 15) is 0 Å². The van der Waals surface area contributed by atoms with Crippen LogP contribution >= 0.6 is 45.3 Å². The quantitative estimate of drug-likeness (QED) is 0.149. The van der Waals surface area contributed by atoms with Crippen LogP contribution in [0, 0.1) is 0 Å². The van der Waals surface area contributed by atoms with Gasteiger partial charge in [0.2, 0.25) is 0 Å². The first-order valence-electron chi connectivity index (χ1n) is 25.0. The fourth-order valence-corrected chi connectivity index (χ4v) is 17.0. The molecule has 10 aromatic carbocycles. The first-order valence-corrected chi connectivity index (χ1v) is 28.3. The zero-order chi connectivity index (χ0) is 48.5. The van der Waals surface area contributed by atoms with E-state index < -0.39 is 0 Å². The molecule has 72 heavy (non-hydrogen) atoms. The van der Waals surface area contributed by atoms with E-state index >= 15 is 0 Å². The third kappa shape index (κ3) is 6.87. The number of rotatable bonds is 7. The highest BCUT2D eigenvalue weighted by molar-refractivity contribution is 7.27. The van der Waals surface area contributed by atoms with E-state index in [0.29, 0.717) is 0 Å². The number of fused-ring (bicyclic) bond motifs is 12. The predicted octanol–water partition coefficient (Wildman–Crippen LogP) is 21.6. The molecule has 0 bridgehead atoms. The van der Waals surface area contributed by atoms with E-state index in [0.717, 1.165) is 6.42 Å². The standard InChI is InChI=1S/C68H50S4/c1-67(2,3)63-53(49-29-15-27-47-41-19-6-10-31-55(41)71-65(47)49)37-40(38-54(63)50-30-16-28-48-42-20-7-11-32-56(42)72-66(48)50)39-68(4,5)64-45(43-23-17-35-59-61(43)51-21-8-12-33-57(51)69-59)25-14-26-46(64)44-24-18-36-60-62(44)52-22-9-13-34-58(52)70-60/h6-38H,39H2,1-5H3. The summed E-state index contributed by atoms with van der Waals surface area (Å²) in [5.74, 6) is 0. The van der Waals surface area contributed by atoms with Gasteiger partial charge in [-0.3, -0.25) is 0 Å². The largest absolute Gasteiger partial charge is 0.135 e. The minimum atomic E-state index is -0.348. The van der Waals surface area contributed by atoms with Crippen LogP contribution in [0.1, 0.15) is 51.3 Å². The fourth-order valence-electron chi connectivity index (χ4n) is 12.3. The van der Waals surface area contributed by atoms with Crippen LogP contribution in [0.15, 0.2) is 200 Å². The Balaban J connectivity index is 1.06. The monoisotopic (exact) mass is 994 g/mol. The molecule has 4 heteroatoms. The van der Waals surface area contributed by atoms with Crippen LogP contribution < -0.4 is 0 Å². The summed E-state index contributed by atoms with van der Waals surface area (Å²) in [7, 11) is 0. The Morgan fingerprint density at radius 2 is 0.639 bits per heavy atom. The van der Waals surface area contributed by atoms with Crippen molar-refractivity contribution >= 4 is 126 Å². The Bertz CT molecular complexity index is 4230. The minimum Gasteiger partial charge on any atom is -0.135 e. The lowest BCUT2D eigenvalue weighted by atomic mass is 9.70. The average Bonchev–Trinajstić information content (AvgIpc) is 4.18. The van der Waals surface area contributed by atoms with Gasteiger partial charge in [-0.15, -0.1) is 45.3 Å². The van der Waals surface area contributed by atoms with Gasteiger partial charge in [0.25, 0.3) is 0 Å². The lowest BCUT2D eigenvalue weighted by Crippen LogP contribution is -2.23. The highest BCUT2D eigenvalue weighted by atomic mass is 32.1. The van der Waals surface area contributed by atoms with Crippen molar-refractivity contribution in [3.8, 4) is 44.5 Å². The van der Waals surface area contributed by atoms with Crippen molar-refractivity contribution in [2.45, 2.75) is 51.9 Å². The summed E-state index contributed by atoms with van der Waals surface area (Å²) in [6, 6.07) is 76.1. The topological polar surface area (TPSA) is 0 Å². The van der Waals surface area contributed by atoms with Gasteiger partial charge < -0.3 is 0 Å². The van der Waals surface area contributed by atoms with E-state index in [1.165, 1.54) is 142 Å². The maximum atomic E-state index is 2.60. The van der Waals surface area contributed by atoms with E-state index in [-0.39, 0.29) is 10.8 Å². The second-order valence-electron chi connectivity index (χ2n) is 21.2. The molecule has 14 aromatic rings. The van der Waals surface area contributed by atoms with Crippen molar-refractivity contribution < 1.29 is 0 Å². The maximum Gasteiger partial charge on any atom is 0.0433 e. The summed E-state index contributed by atoms with van der Waals surface area (Å²) < 4.78 is 10.7. The molecule has 0 N–H and O–H groups in total. The zero-order valence-electron chi connectivity index (χ0n) is 40.9. The molecule has 0 nitrogen and oxygen atoms in total. The van der Waals surface area contributed by atoms with Gasteiger partial charge >= 0.3 is 0 Å². The van der Waals surface area contributed by atoms with Crippen molar-refractivity contribution in [1.82, 2.24) is 0 Å². The molecule has 0 spiro atoms.